The van der Waals surface area contributed by atoms with Gasteiger partial charge in [-0.3, -0.25) is 5.01 Å². The minimum Gasteiger partial charge on any atom is -0.368 e. The molecular weight excluding hydrogens is 302 g/mol. The standard InChI is InChI=1S/C16H18ClN3S/c1-13(16-3-2-12-21-16)18-20-10-8-19(9-11-20)15-6-4-14(17)5-7-15/h2-7,12H,8-11H2,1H3/b18-13-. The lowest BCUT2D eigenvalue weighted by Gasteiger charge is -2.34. The Kier molecular flexibility index (Phi) is 4.46. The SMILES string of the molecule is C/C(=N/N1CCN(c2ccc(Cl)cc2)CC1)c1cccs1. The maximum atomic E-state index is 5.94. The topological polar surface area (TPSA) is 18.8 Å². The average Bonchev–Trinajstić information content (AvgIpc) is 3.03. The molecule has 0 radical (unpaired) electrons. The largest absolute Gasteiger partial charge is 0.368 e. The van der Waals surface area contributed by atoms with Crippen molar-refractivity contribution in [3.63, 3.8) is 0 Å². The predicted octanol–water partition coefficient (Wildman–Crippen LogP) is 3.95. The third-order valence-electron chi connectivity index (χ3n) is 3.62. The summed E-state index contributed by atoms with van der Waals surface area (Å²) in [5.74, 6) is 0. The molecule has 1 fully saturated rings. The van der Waals surface area contributed by atoms with Gasteiger partial charge in [0.1, 0.15) is 0 Å². The Balaban J connectivity index is 1.60. The zero-order valence-electron chi connectivity index (χ0n) is 12.0. The Morgan fingerprint density at radius 1 is 1.10 bits per heavy atom. The van der Waals surface area contributed by atoms with E-state index in [4.69, 9.17) is 16.7 Å². The van der Waals surface area contributed by atoms with Crippen molar-refractivity contribution in [3.05, 3.63) is 51.7 Å². The molecule has 2 aromatic rings. The number of rotatable bonds is 3. The van der Waals surface area contributed by atoms with Crippen molar-refractivity contribution < 1.29 is 0 Å². The molecular formula is C16H18ClN3S. The third-order valence-corrected chi connectivity index (χ3v) is 4.85. The monoisotopic (exact) mass is 319 g/mol. The Morgan fingerprint density at radius 2 is 1.81 bits per heavy atom. The summed E-state index contributed by atoms with van der Waals surface area (Å²) < 4.78 is 0. The first kappa shape index (κ1) is 14.4. The van der Waals surface area contributed by atoms with Gasteiger partial charge < -0.3 is 4.90 Å². The van der Waals surface area contributed by atoms with E-state index in [1.165, 1.54) is 10.6 Å². The molecule has 5 heteroatoms. The van der Waals surface area contributed by atoms with Crippen LogP contribution in [0.15, 0.2) is 46.9 Å². The summed E-state index contributed by atoms with van der Waals surface area (Å²) in [5, 5.41) is 9.78. The highest BCUT2D eigenvalue weighted by atomic mass is 35.5. The molecule has 3 nitrogen and oxygen atoms in total. The van der Waals surface area contributed by atoms with E-state index in [0.717, 1.165) is 36.9 Å². The molecule has 1 aliphatic heterocycles. The summed E-state index contributed by atoms with van der Waals surface area (Å²) in [6, 6.07) is 12.2. The van der Waals surface area contributed by atoms with Gasteiger partial charge in [0.25, 0.3) is 0 Å². The lowest BCUT2D eigenvalue weighted by molar-refractivity contribution is 0.270. The molecule has 1 aromatic carbocycles. The summed E-state index contributed by atoms with van der Waals surface area (Å²) >= 11 is 7.67. The van der Waals surface area contributed by atoms with Gasteiger partial charge in [-0.15, -0.1) is 11.3 Å². The summed E-state index contributed by atoms with van der Waals surface area (Å²) in [7, 11) is 0. The summed E-state index contributed by atoms with van der Waals surface area (Å²) in [6.45, 7) is 5.96. The smallest absolute Gasteiger partial charge is 0.0746 e. The normalized spacial score (nSPS) is 16.4. The Hall–Kier alpha value is -1.52. The lowest BCUT2D eigenvalue weighted by atomic mass is 10.2. The average molecular weight is 320 g/mol. The van der Waals surface area contributed by atoms with Gasteiger partial charge >= 0.3 is 0 Å². The number of halogens is 1. The van der Waals surface area contributed by atoms with Crippen LogP contribution in [-0.4, -0.2) is 36.9 Å². The number of hydrazone groups is 1. The summed E-state index contributed by atoms with van der Waals surface area (Å²) in [5.41, 5.74) is 2.34. The molecule has 0 atom stereocenters. The van der Waals surface area contributed by atoms with Crippen molar-refractivity contribution in [2.45, 2.75) is 6.92 Å². The minimum absolute atomic E-state index is 0.786. The molecule has 1 aromatic heterocycles. The highest BCUT2D eigenvalue weighted by molar-refractivity contribution is 7.12. The number of hydrogen-bond acceptors (Lipinski definition) is 4. The number of benzene rings is 1. The maximum Gasteiger partial charge on any atom is 0.0746 e. The van der Waals surface area contributed by atoms with Crippen LogP contribution in [0.1, 0.15) is 11.8 Å². The van der Waals surface area contributed by atoms with Crippen molar-refractivity contribution >= 4 is 34.3 Å². The minimum atomic E-state index is 0.786. The molecule has 21 heavy (non-hydrogen) atoms. The van der Waals surface area contributed by atoms with E-state index in [9.17, 15) is 0 Å². The molecule has 110 valence electrons. The second-order valence-corrected chi connectivity index (χ2v) is 6.46. The van der Waals surface area contributed by atoms with Crippen LogP contribution in [0.2, 0.25) is 5.02 Å². The fourth-order valence-corrected chi connectivity index (χ4v) is 3.25. The second kappa shape index (κ2) is 6.50. The van der Waals surface area contributed by atoms with Gasteiger partial charge in [0, 0.05) is 28.7 Å². The lowest BCUT2D eigenvalue weighted by Crippen LogP contribution is -2.44. The van der Waals surface area contributed by atoms with E-state index in [1.807, 2.05) is 12.1 Å². The van der Waals surface area contributed by atoms with Gasteiger partial charge in [0.15, 0.2) is 0 Å². The number of hydrogen-bond donors (Lipinski definition) is 0. The zero-order chi connectivity index (χ0) is 14.7. The highest BCUT2D eigenvalue weighted by Gasteiger charge is 2.16. The fourth-order valence-electron chi connectivity index (χ4n) is 2.45. The Labute approximate surface area is 134 Å². The van der Waals surface area contributed by atoms with Crippen LogP contribution in [0.25, 0.3) is 0 Å². The first-order valence-corrected chi connectivity index (χ1v) is 8.33. The summed E-state index contributed by atoms with van der Waals surface area (Å²) in [4.78, 5) is 3.62. The second-order valence-electron chi connectivity index (χ2n) is 5.08. The van der Waals surface area contributed by atoms with E-state index < -0.39 is 0 Å². The van der Waals surface area contributed by atoms with Gasteiger partial charge in [0.05, 0.1) is 18.8 Å². The van der Waals surface area contributed by atoms with Crippen LogP contribution in [0.5, 0.6) is 0 Å². The van der Waals surface area contributed by atoms with Crippen molar-refractivity contribution in [1.82, 2.24) is 5.01 Å². The molecule has 2 heterocycles. The van der Waals surface area contributed by atoms with Crippen LogP contribution in [-0.2, 0) is 0 Å². The first-order valence-electron chi connectivity index (χ1n) is 7.07. The Bertz CT molecular complexity index is 599. The molecule has 0 saturated carbocycles. The molecule has 3 rings (SSSR count). The molecule has 0 amide bonds. The van der Waals surface area contributed by atoms with Crippen LogP contribution in [0.3, 0.4) is 0 Å². The van der Waals surface area contributed by atoms with E-state index in [0.29, 0.717) is 0 Å². The first-order chi connectivity index (χ1) is 10.2. The zero-order valence-corrected chi connectivity index (χ0v) is 13.6. The van der Waals surface area contributed by atoms with E-state index in [2.05, 4.69) is 46.5 Å². The molecule has 0 spiro atoms. The van der Waals surface area contributed by atoms with Gasteiger partial charge in [0.2, 0.25) is 0 Å². The van der Waals surface area contributed by atoms with E-state index in [1.54, 1.807) is 11.3 Å². The number of thiophene rings is 1. The van der Waals surface area contributed by atoms with Crippen molar-refractivity contribution in [2.24, 2.45) is 5.10 Å². The number of anilines is 1. The fraction of sp³-hybridized carbons (Fsp3) is 0.312. The van der Waals surface area contributed by atoms with Crippen LogP contribution in [0, 0.1) is 0 Å². The van der Waals surface area contributed by atoms with Crippen LogP contribution in [0.4, 0.5) is 5.69 Å². The van der Waals surface area contributed by atoms with Crippen molar-refractivity contribution in [3.8, 4) is 0 Å². The Morgan fingerprint density at radius 3 is 2.43 bits per heavy atom. The van der Waals surface area contributed by atoms with Gasteiger partial charge in [-0.25, -0.2) is 0 Å². The molecule has 1 aliphatic rings. The molecule has 1 saturated heterocycles. The van der Waals surface area contributed by atoms with Gasteiger partial charge in [-0.05, 0) is 42.6 Å². The summed E-state index contributed by atoms with van der Waals surface area (Å²) in [6.07, 6.45) is 0. The quantitative estimate of drug-likeness (QED) is 0.798. The third kappa shape index (κ3) is 3.57. The van der Waals surface area contributed by atoms with Gasteiger partial charge in [-0.1, -0.05) is 17.7 Å². The van der Waals surface area contributed by atoms with Gasteiger partial charge in [-0.2, -0.15) is 5.10 Å². The molecule has 0 N–H and O–H groups in total. The maximum absolute atomic E-state index is 5.94. The van der Waals surface area contributed by atoms with E-state index >= 15 is 0 Å². The predicted molar refractivity (Wildman–Crippen MR) is 91.8 cm³/mol. The molecule has 0 unspecified atom stereocenters. The van der Waals surface area contributed by atoms with E-state index in [-0.39, 0.29) is 0 Å². The number of nitrogens with zero attached hydrogens (tertiary/aromatic N) is 3. The van der Waals surface area contributed by atoms with Crippen LogP contribution < -0.4 is 4.90 Å². The van der Waals surface area contributed by atoms with Crippen LogP contribution >= 0.6 is 22.9 Å². The number of piperazine rings is 1. The highest BCUT2D eigenvalue weighted by Crippen LogP contribution is 2.20. The molecule has 0 bridgehead atoms. The molecule has 0 aliphatic carbocycles. The van der Waals surface area contributed by atoms with Crippen molar-refractivity contribution in [1.29, 1.82) is 0 Å². The van der Waals surface area contributed by atoms with Crippen molar-refractivity contribution in [2.75, 3.05) is 31.1 Å².